The van der Waals surface area contributed by atoms with Gasteiger partial charge in [0, 0.05) is 27.8 Å². The van der Waals surface area contributed by atoms with Crippen LogP contribution in [-0.2, 0) is 13.2 Å². The number of nitrogens with one attached hydrogen (secondary N) is 1. The summed E-state index contributed by atoms with van der Waals surface area (Å²) in [5.74, 6) is 0.713. The summed E-state index contributed by atoms with van der Waals surface area (Å²) in [6.45, 7) is 3.07. The Kier molecular flexibility index (Phi) is 7.48. The molecule has 0 amide bonds. The summed E-state index contributed by atoms with van der Waals surface area (Å²) in [5.41, 5.74) is 2.49. The maximum atomic E-state index is 13.0. The molecule has 0 aliphatic rings. The highest BCUT2D eigenvalue weighted by Gasteiger charge is 2.14. The molecule has 0 fully saturated rings. The smallest absolute Gasteiger partial charge is 0.180 e. The van der Waals surface area contributed by atoms with Crippen molar-refractivity contribution in [2.75, 3.05) is 11.9 Å². The van der Waals surface area contributed by atoms with Crippen LogP contribution in [0.3, 0.4) is 0 Å². The van der Waals surface area contributed by atoms with Crippen molar-refractivity contribution < 1.29 is 13.9 Å². The molecule has 0 spiro atoms. The Morgan fingerprint density at radius 2 is 1.66 bits per heavy atom. The number of halogens is 4. The minimum absolute atomic E-state index is 0.225. The topological polar surface area (TPSA) is 30.5 Å². The van der Waals surface area contributed by atoms with Crippen LogP contribution in [0.25, 0.3) is 0 Å². The molecule has 3 aromatic rings. The molecule has 3 aromatic carbocycles. The SMILES string of the molecule is CCOc1cc(CNc2ccc(F)cc2)cc(Cl)c1OCc1ccc(Cl)cc1Cl. The predicted octanol–water partition coefficient (Wildman–Crippen LogP) is 7.38. The van der Waals surface area contributed by atoms with Crippen LogP contribution in [-0.4, -0.2) is 6.61 Å². The fraction of sp³-hybridized carbons (Fsp3) is 0.182. The van der Waals surface area contributed by atoms with E-state index < -0.39 is 0 Å². The molecule has 0 heterocycles. The largest absolute Gasteiger partial charge is 0.490 e. The Balaban J connectivity index is 1.75. The summed E-state index contributed by atoms with van der Waals surface area (Å²) in [6.07, 6.45) is 0. The molecule has 0 aliphatic heterocycles. The van der Waals surface area contributed by atoms with Crippen molar-refractivity contribution in [3.63, 3.8) is 0 Å². The van der Waals surface area contributed by atoms with Gasteiger partial charge in [-0.05, 0) is 61.0 Å². The van der Waals surface area contributed by atoms with Crippen LogP contribution in [0.2, 0.25) is 15.1 Å². The first-order valence-corrected chi connectivity index (χ1v) is 10.1. The van der Waals surface area contributed by atoms with E-state index in [0.29, 0.717) is 39.7 Å². The Hall–Kier alpha value is -2.14. The fourth-order valence-electron chi connectivity index (χ4n) is 2.69. The third kappa shape index (κ3) is 5.92. The van der Waals surface area contributed by atoms with E-state index in [1.54, 1.807) is 36.4 Å². The van der Waals surface area contributed by atoms with Crippen LogP contribution < -0.4 is 14.8 Å². The van der Waals surface area contributed by atoms with Gasteiger partial charge >= 0.3 is 0 Å². The average molecular weight is 455 g/mol. The minimum atomic E-state index is -0.278. The Labute approximate surface area is 184 Å². The van der Waals surface area contributed by atoms with Crippen LogP contribution in [0.1, 0.15) is 18.1 Å². The van der Waals surface area contributed by atoms with E-state index in [0.717, 1.165) is 16.8 Å². The Morgan fingerprint density at radius 1 is 0.897 bits per heavy atom. The highest BCUT2D eigenvalue weighted by molar-refractivity contribution is 6.35. The van der Waals surface area contributed by atoms with Crippen LogP contribution in [0.4, 0.5) is 10.1 Å². The molecule has 3 rings (SSSR count). The predicted molar refractivity (Wildman–Crippen MR) is 117 cm³/mol. The van der Waals surface area contributed by atoms with Gasteiger partial charge in [0.05, 0.1) is 11.6 Å². The van der Waals surface area contributed by atoms with Gasteiger partial charge in [0.2, 0.25) is 0 Å². The fourth-order valence-corrected chi connectivity index (χ4v) is 3.44. The minimum Gasteiger partial charge on any atom is -0.490 e. The lowest BCUT2D eigenvalue weighted by molar-refractivity contribution is 0.269. The second-order valence-electron chi connectivity index (χ2n) is 6.22. The van der Waals surface area contributed by atoms with Crippen molar-refractivity contribution >= 4 is 40.5 Å². The van der Waals surface area contributed by atoms with Crippen molar-refractivity contribution in [2.45, 2.75) is 20.1 Å². The van der Waals surface area contributed by atoms with Gasteiger partial charge in [-0.15, -0.1) is 0 Å². The van der Waals surface area contributed by atoms with Crippen LogP contribution in [0.15, 0.2) is 54.6 Å². The van der Waals surface area contributed by atoms with Gasteiger partial charge in [-0.1, -0.05) is 40.9 Å². The number of anilines is 1. The normalized spacial score (nSPS) is 10.7. The van der Waals surface area contributed by atoms with Gasteiger partial charge in [0.25, 0.3) is 0 Å². The van der Waals surface area contributed by atoms with Gasteiger partial charge in [-0.3, -0.25) is 0 Å². The van der Waals surface area contributed by atoms with Crippen molar-refractivity contribution in [1.82, 2.24) is 0 Å². The van der Waals surface area contributed by atoms with E-state index >= 15 is 0 Å². The summed E-state index contributed by atoms with van der Waals surface area (Å²) in [7, 11) is 0. The quantitative estimate of drug-likeness (QED) is 0.385. The first-order valence-electron chi connectivity index (χ1n) is 8.97. The Morgan fingerprint density at radius 3 is 2.34 bits per heavy atom. The maximum Gasteiger partial charge on any atom is 0.180 e. The lowest BCUT2D eigenvalue weighted by atomic mass is 10.2. The van der Waals surface area contributed by atoms with Crippen LogP contribution in [0, 0.1) is 5.82 Å². The van der Waals surface area contributed by atoms with Crippen LogP contribution in [0.5, 0.6) is 11.5 Å². The molecule has 0 radical (unpaired) electrons. The van der Waals surface area contributed by atoms with E-state index in [1.807, 2.05) is 13.0 Å². The van der Waals surface area contributed by atoms with Crippen molar-refractivity contribution in [1.29, 1.82) is 0 Å². The summed E-state index contributed by atoms with van der Waals surface area (Å²) < 4.78 is 24.7. The van der Waals surface area contributed by atoms with Gasteiger partial charge in [0.1, 0.15) is 12.4 Å². The van der Waals surface area contributed by atoms with E-state index in [9.17, 15) is 4.39 Å². The number of ether oxygens (including phenoxy) is 2. The van der Waals surface area contributed by atoms with Gasteiger partial charge < -0.3 is 14.8 Å². The summed E-state index contributed by atoms with van der Waals surface area (Å²) >= 11 is 18.6. The number of hydrogen-bond donors (Lipinski definition) is 1. The van der Waals surface area contributed by atoms with E-state index in [1.165, 1.54) is 12.1 Å². The molecule has 152 valence electrons. The number of rotatable bonds is 8. The molecule has 0 bridgehead atoms. The van der Waals surface area contributed by atoms with Gasteiger partial charge in [-0.25, -0.2) is 4.39 Å². The molecule has 29 heavy (non-hydrogen) atoms. The average Bonchev–Trinajstić information content (AvgIpc) is 2.68. The molecular weight excluding hydrogens is 436 g/mol. The molecule has 7 heteroatoms. The highest BCUT2D eigenvalue weighted by atomic mass is 35.5. The van der Waals surface area contributed by atoms with Gasteiger partial charge in [-0.2, -0.15) is 0 Å². The second-order valence-corrected chi connectivity index (χ2v) is 7.47. The van der Waals surface area contributed by atoms with E-state index in [4.69, 9.17) is 44.3 Å². The molecule has 0 atom stereocenters. The molecular formula is C22H19Cl3FNO2. The number of benzene rings is 3. The first kappa shape index (κ1) is 21.6. The van der Waals surface area contributed by atoms with Crippen LogP contribution >= 0.6 is 34.8 Å². The van der Waals surface area contributed by atoms with Crippen molar-refractivity contribution in [3.05, 3.63) is 86.6 Å². The lowest BCUT2D eigenvalue weighted by Crippen LogP contribution is -2.04. The standard InChI is InChI=1S/C22H19Cl3FNO2/c1-2-28-21-10-14(12-27-18-7-5-17(26)6-8-18)9-20(25)22(21)29-13-15-3-4-16(23)11-19(15)24/h3-11,27H,2,12-13H2,1H3. The molecule has 0 aliphatic carbocycles. The van der Waals surface area contributed by atoms with Crippen molar-refractivity contribution in [2.24, 2.45) is 0 Å². The molecule has 3 nitrogen and oxygen atoms in total. The lowest BCUT2D eigenvalue weighted by Gasteiger charge is -2.16. The molecule has 0 saturated carbocycles. The first-order chi connectivity index (χ1) is 14.0. The second kappa shape index (κ2) is 10.1. The third-order valence-electron chi connectivity index (χ3n) is 4.10. The Bertz CT molecular complexity index is 981. The van der Waals surface area contributed by atoms with E-state index in [-0.39, 0.29) is 12.4 Å². The molecule has 0 saturated heterocycles. The van der Waals surface area contributed by atoms with E-state index in [2.05, 4.69) is 5.32 Å². The summed E-state index contributed by atoms with van der Waals surface area (Å²) in [5, 5.41) is 4.73. The highest BCUT2D eigenvalue weighted by Crippen LogP contribution is 2.38. The molecule has 0 aromatic heterocycles. The third-order valence-corrected chi connectivity index (χ3v) is 4.96. The summed E-state index contributed by atoms with van der Waals surface area (Å²) in [4.78, 5) is 0. The van der Waals surface area contributed by atoms with Gasteiger partial charge in [0.15, 0.2) is 11.5 Å². The zero-order valence-corrected chi connectivity index (χ0v) is 17.9. The summed E-state index contributed by atoms with van der Waals surface area (Å²) in [6, 6.07) is 15.0. The maximum absolute atomic E-state index is 13.0. The zero-order valence-electron chi connectivity index (χ0n) is 15.6. The van der Waals surface area contributed by atoms with Crippen molar-refractivity contribution in [3.8, 4) is 11.5 Å². The number of hydrogen-bond acceptors (Lipinski definition) is 3. The molecule has 1 N–H and O–H groups in total. The molecule has 0 unspecified atom stereocenters. The monoisotopic (exact) mass is 453 g/mol. The zero-order chi connectivity index (χ0) is 20.8.